The van der Waals surface area contributed by atoms with E-state index in [0.717, 1.165) is 60.0 Å². The highest BCUT2D eigenvalue weighted by Gasteiger charge is 2.20. The zero-order chi connectivity index (χ0) is 20.3. The Labute approximate surface area is 164 Å². The van der Waals surface area contributed by atoms with Crippen LogP contribution in [0.5, 0.6) is 11.5 Å². The number of benzene rings is 1. The predicted molar refractivity (Wildman–Crippen MR) is 107 cm³/mol. The van der Waals surface area contributed by atoms with Crippen LogP contribution in [0, 0.1) is 0 Å². The van der Waals surface area contributed by atoms with Crippen LogP contribution in [0.3, 0.4) is 0 Å². The van der Waals surface area contributed by atoms with Gasteiger partial charge in [-0.25, -0.2) is 4.79 Å². The van der Waals surface area contributed by atoms with Crippen LogP contribution in [0.4, 0.5) is 0 Å². The minimum absolute atomic E-state index is 0.262. The maximum Gasteiger partial charge on any atom is 0.330 e. The standard InChI is InChI=1S/C20H28N4O4/c1-21-16(12-19(25)22(2)20(21)26)14-24-9-7-23(8-10-24)13-15-11-17(27-3)5-6-18(15)28-4/h5-6,11-12H,7-10,13-14H2,1-4H3. The highest BCUT2D eigenvalue weighted by atomic mass is 16.5. The molecule has 1 aliphatic heterocycles. The summed E-state index contributed by atoms with van der Waals surface area (Å²) in [5.74, 6) is 1.68. The van der Waals surface area contributed by atoms with Gasteiger partial charge in [0, 0.05) is 70.7 Å². The molecule has 0 amide bonds. The Morgan fingerprint density at radius 2 is 1.50 bits per heavy atom. The van der Waals surface area contributed by atoms with E-state index in [9.17, 15) is 9.59 Å². The molecule has 1 fully saturated rings. The Balaban J connectivity index is 1.63. The molecule has 0 atom stereocenters. The van der Waals surface area contributed by atoms with Gasteiger partial charge in [0.15, 0.2) is 0 Å². The van der Waals surface area contributed by atoms with Crippen molar-refractivity contribution in [3.05, 3.63) is 56.4 Å². The van der Waals surface area contributed by atoms with Crippen LogP contribution in [0.15, 0.2) is 33.9 Å². The van der Waals surface area contributed by atoms with Gasteiger partial charge in [0.2, 0.25) is 0 Å². The predicted octanol–water partition coefficient (Wildman–Crippen LogP) is 0.419. The number of aromatic nitrogens is 2. The van der Waals surface area contributed by atoms with Crippen molar-refractivity contribution >= 4 is 0 Å². The summed E-state index contributed by atoms with van der Waals surface area (Å²) in [4.78, 5) is 28.7. The lowest BCUT2D eigenvalue weighted by molar-refractivity contribution is 0.119. The van der Waals surface area contributed by atoms with Crippen LogP contribution in [0.1, 0.15) is 11.3 Å². The summed E-state index contributed by atoms with van der Waals surface area (Å²) in [5, 5.41) is 0. The summed E-state index contributed by atoms with van der Waals surface area (Å²) in [6.45, 7) is 4.93. The summed E-state index contributed by atoms with van der Waals surface area (Å²) >= 11 is 0. The van der Waals surface area contributed by atoms with E-state index in [4.69, 9.17) is 9.47 Å². The molecule has 2 aromatic rings. The van der Waals surface area contributed by atoms with Crippen LogP contribution in [0.2, 0.25) is 0 Å². The van der Waals surface area contributed by atoms with Gasteiger partial charge >= 0.3 is 5.69 Å². The topological polar surface area (TPSA) is 68.9 Å². The number of rotatable bonds is 6. The molecule has 0 saturated carbocycles. The minimum atomic E-state index is -0.286. The minimum Gasteiger partial charge on any atom is -0.497 e. The Kier molecular flexibility index (Phi) is 6.21. The van der Waals surface area contributed by atoms with E-state index >= 15 is 0 Å². The van der Waals surface area contributed by atoms with Gasteiger partial charge in [0.1, 0.15) is 11.5 Å². The zero-order valence-electron chi connectivity index (χ0n) is 17.0. The van der Waals surface area contributed by atoms with E-state index in [1.807, 2.05) is 18.2 Å². The smallest absolute Gasteiger partial charge is 0.330 e. The summed E-state index contributed by atoms with van der Waals surface area (Å²) in [6, 6.07) is 7.39. The molecule has 0 unspecified atom stereocenters. The van der Waals surface area contributed by atoms with Crippen molar-refractivity contribution in [3.63, 3.8) is 0 Å². The normalized spacial score (nSPS) is 15.6. The van der Waals surface area contributed by atoms with Gasteiger partial charge in [0.05, 0.1) is 14.2 Å². The zero-order valence-corrected chi connectivity index (χ0v) is 17.0. The first-order valence-corrected chi connectivity index (χ1v) is 9.34. The lowest BCUT2D eigenvalue weighted by atomic mass is 10.1. The molecule has 0 aliphatic carbocycles. The SMILES string of the molecule is COc1ccc(OC)c(CN2CCN(Cc3cc(=O)n(C)c(=O)n3C)CC2)c1. The summed E-state index contributed by atoms with van der Waals surface area (Å²) in [6.07, 6.45) is 0. The molecule has 1 saturated heterocycles. The average Bonchev–Trinajstić information content (AvgIpc) is 2.71. The molecular formula is C20H28N4O4. The van der Waals surface area contributed by atoms with E-state index in [2.05, 4.69) is 9.80 Å². The van der Waals surface area contributed by atoms with E-state index in [-0.39, 0.29) is 11.2 Å². The molecule has 2 heterocycles. The first-order chi connectivity index (χ1) is 13.4. The lowest BCUT2D eigenvalue weighted by Crippen LogP contribution is -2.46. The van der Waals surface area contributed by atoms with Crippen LogP contribution < -0.4 is 20.7 Å². The molecule has 8 heteroatoms. The maximum atomic E-state index is 12.1. The molecule has 1 aromatic carbocycles. The number of hydrogen-bond donors (Lipinski definition) is 0. The highest BCUT2D eigenvalue weighted by Crippen LogP contribution is 2.25. The number of piperazine rings is 1. The molecular weight excluding hydrogens is 360 g/mol. The monoisotopic (exact) mass is 388 g/mol. The molecule has 1 aliphatic rings. The second kappa shape index (κ2) is 8.62. The van der Waals surface area contributed by atoms with E-state index in [1.54, 1.807) is 31.9 Å². The Morgan fingerprint density at radius 3 is 2.11 bits per heavy atom. The van der Waals surface area contributed by atoms with Gasteiger partial charge in [-0.1, -0.05) is 0 Å². The summed E-state index contributed by atoms with van der Waals surface area (Å²) in [7, 11) is 6.55. The highest BCUT2D eigenvalue weighted by molar-refractivity contribution is 5.40. The van der Waals surface area contributed by atoms with Gasteiger partial charge in [-0.05, 0) is 18.2 Å². The van der Waals surface area contributed by atoms with Crippen molar-refractivity contribution in [2.24, 2.45) is 14.1 Å². The number of hydrogen-bond acceptors (Lipinski definition) is 6. The fraction of sp³-hybridized carbons (Fsp3) is 0.500. The van der Waals surface area contributed by atoms with Crippen molar-refractivity contribution in [1.29, 1.82) is 0 Å². The van der Waals surface area contributed by atoms with E-state index in [1.165, 1.54) is 7.05 Å². The van der Waals surface area contributed by atoms with Crippen LogP contribution in [-0.4, -0.2) is 59.3 Å². The molecule has 0 bridgehead atoms. The molecule has 0 spiro atoms. The quantitative estimate of drug-likeness (QED) is 0.715. The second-order valence-electron chi connectivity index (χ2n) is 7.10. The molecule has 0 radical (unpaired) electrons. The average molecular weight is 388 g/mol. The van der Waals surface area contributed by atoms with Gasteiger partial charge in [-0.2, -0.15) is 0 Å². The molecule has 152 valence electrons. The van der Waals surface area contributed by atoms with Crippen molar-refractivity contribution < 1.29 is 9.47 Å². The fourth-order valence-electron chi connectivity index (χ4n) is 3.51. The third-order valence-electron chi connectivity index (χ3n) is 5.36. The van der Waals surface area contributed by atoms with Gasteiger partial charge < -0.3 is 9.47 Å². The largest absolute Gasteiger partial charge is 0.497 e. The van der Waals surface area contributed by atoms with Crippen molar-refractivity contribution in [3.8, 4) is 11.5 Å². The summed E-state index contributed by atoms with van der Waals surface area (Å²) in [5.41, 5.74) is 1.30. The maximum absolute atomic E-state index is 12.1. The molecule has 0 N–H and O–H groups in total. The van der Waals surface area contributed by atoms with Gasteiger partial charge in [0.25, 0.3) is 5.56 Å². The van der Waals surface area contributed by atoms with Gasteiger partial charge in [-0.3, -0.25) is 23.7 Å². The van der Waals surface area contributed by atoms with Crippen LogP contribution in [-0.2, 0) is 27.2 Å². The van der Waals surface area contributed by atoms with Gasteiger partial charge in [-0.15, -0.1) is 0 Å². The molecule has 28 heavy (non-hydrogen) atoms. The third-order valence-corrected chi connectivity index (χ3v) is 5.36. The Morgan fingerprint density at radius 1 is 0.857 bits per heavy atom. The molecule has 3 rings (SSSR count). The van der Waals surface area contributed by atoms with Crippen LogP contribution in [0.25, 0.3) is 0 Å². The lowest BCUT2D eigenvalue weighted by Gasteiger charge is -2.35. The van der Waals surface area contributed by atoms with E-state index < -0.39 is 0 Å². The molecule has 1 aromatic heterocycles. The van der Waals surface area contributed by atoms with Crippen molar-refractivity contribution in [1.82, 2.24) is 18.9 Å². The Bertz CT molecular complexity index is 942. The number of ether oxygens (including phenoxy) is 2. The van der Waals surface area contributed by atoms with Crippen molar-refractivity contribution in [2.45, 2.75) is 13.1 Å². The van der Waals surface area contributed by atoms with Crippen LogP contribution >= 0.6 is 0 Å². The first-order valence-electron chi connectivity index (χ1n) is 9.34. The number of nitrogens with zero attached hydrogens (tertiary/aromatic N) is 4. The van der Waals surface area contributed by atoms with E-state index in [0.29, 0.717) is 6.54 Å². The first kappa shape index (κ1) is 20.2. The third kappa shape index (κ3) is 4.28. The van der Waals surface area contributed by atoms with Crippen molar-refractivity contribution in [2.75, 3.05) is 40.4 Å². The second-order valence-corrected chi connectivity index (χ2v) is 7.10. The summed E-state index contributed by atoms with van der Waals surface area (Å²) < 4.78 is 13.5. The number of methoxy groups -OCH3 is 2. The Hall–Kier alpha value is -2.58. The molecule has 8 nitrogen and oxygen atoms in total. The fourth-order valence-corrected chi connectivity index (χ4v) is 3.51.